The van der Waals surface area contributed by atoms with Crippen molar-refractivity contribution in [2.75, 3.05) is 7.05 Å². The molecule has 0 amide bonds. The first-order valence-electron chi connectivity index (χ1n) is 6.56. The van der Waals surface area contributed by atoms with E-state index >= 15 is 0 Å². The number of para-hydroxylation sites is 1. The van der Waals surface area contributed by atoms with E-state index in [1.165, 1.54) is 10.9 Å². The first-order chi connectivity index (χ1) is 9.11. The van der Waals surface area contributed by atoms with Crippen molar-refractivity contribution in [3.8, 4) is 0 Å². The second-order valence-corrected chi connectivity index (χ2v) is 4.87. The maximum Gasteiger partial charge on any atom is 0.191 e. The van der Waals surface area contributed by atoms with Gasteiger partial charge in [0.25, 0.3) is 0 Å². The van der Waals surface area contributed by atoms with Gasteiger partial charge in [0.2, 0.25) is 0 Å². The number of rotatable bonds is 3. The van der Waals surface area contributed by atoms with Gasteiger partial charge in [0.05, 0.1) is 6.54 Å². The highest BCUT2D eigenvalue weighted by molar-refractivity contribution is 14.0. The van der Waals surface area contributed by atoms with E-state index in [2.05, 4.69) is 42.5 Å². The van der Waals surface area contributed by atoms with Crippen LogP contribution in [-0.4, -0.2) is 19.0 Å². The molecule has 110 valence electrons. The van der Waals surface area contributed by atoms with Crippen molar-refractivity contribution in [1.82, 2.24) is 10.6 Å². The Labute approximate surface area is 137 Å². The highest BCUT2D eigenvalue weighted by atomic mass is 127. The van der Waals surface area contributed by atoms with Crippen LogP contribution in [0.15, 0.2) is 33.7 Å². The van der Waals surface area contributed by atoms with Gasteiger partial charge in [-0.15, -0.1) is 24.0 Å². The number of fused-ring (bicyclic) bond motifs is 1. The van der Waals surface area contributed by atoms with Crippen molar-refractivity contribution in [3.63, 3.8) is 0 Å². The van der Waals surface area contributed by atoms with Crippen molar-refractivity contribution >= 4 is 40.9 Å². The molecule has 5 heteroatoms. The van der Waals surface area contributed by atoms with Crippen LogP contribution in [0.4, 0.5) is 0 Å². The van der Waals surface area contributed by atoms with Crippen LogP contribution in [0.3, 0.4) is 0 Å². The van der Waals surface area contributed by atoms with Crippen LogP contribution in [0.2, 0.25) is 0 Å². The van der Waals surface area contributed by atoms with Gasteiger partial charge in [-0.3, -0.25) is 4.99 Å². The van der Waals surface area contributed by atoms with E-state index < -0.39 is 0 Å². The first kappa shape index (κ1) is 16.8. The van der Waals surface area contributed by atoms with Gasteiger partial charge in [0, 0.05) is 24.0 Å². The fourth-order valence-corrected chi connectivity index (χ4v) is 2.03. The third kappa shape index (κ3) is 3.88. The standard InChI is InChI=1S/C15H21N3O.HI/c1-10(2)18-15(16-4)17-9-14-11(3)12-7-5-6-8-13(12)19-14;/h5-8,10H,9H2,1-4H3,(H2,16,17,18);1H. The van der Waals surface area contributed by atoms with Crippen molar-refractivity contribution in [2.24, 2.45) is 4.99 Å². The number of furan rings is 1. The predicted molar refractivity (Wildman–Crippen MR) is 94.8 cm³/mol. The summed E-state index contributed by atoms with van der Waals surface area (Å²) in [7, 11) is 1.77. The molecular formula is C15H22IN3O. The Morgan fingerprint density at radius 1 is 1.30 bits per heavy atom. The van der Waals surface area contributed by atoms with Crippen molar-refractivity contribution in [3.05, 3.63) is 35.6 Å². The van der Waals surface area contributed by atoms with Gasteiger partial charge in [-0.2, -0.15) is 0 Å². The van der Waals surface area contributed by atoms with E-state index in [0.29, 0.717) is 12.6 Å². The van der Waals surface area contributed by atoms with Crippen molar-refractivity contribution in [2.45, 2.75) is 33.4 Å². The smallest absolute Gasteiger partial charge is 0.191 e. The molecule has 0 aliphatic heterocycles. The molecule has 1 aromatic carbocycles. The van der Waals surface area contributed by atoms with Gasteiger partial charge in [-0.05, 0) is 26.8 Å². The lowest BCUT2D eigenvalue weighted by Gasteiger charge is -2.13. The molecular weight excluding hydrogens is 365 g/mol. The second-order valence-electron chi connectivity index (χ2n) is 4.87. The van der Waals surface area contributed by atoms with Gasteiger partial charge >= 0.3 is 0 Å². The van der Waals surface area contributed by atoms with Gasteiger partial charge in [0.1, 0.15) is 11.3 Å². The monoisotopic (exact) mass is 387 g/mol. The summed E-state index contributed by atoms with van der Waals surface area (Å²) in [6.45, 7) is 6.88. The van der Waals surface area contributed by atoms with Gasteiger partial charge in [0.15, 0.2) is 5.96 Å². The number of nitrogens with zero attached hydrogens (tertiary/aromatic N) is 1. The molecule has 2 rings (SSSR count). The topological polar surface area (TPSA) is 49.6 Å². The Bertz CT molecular complexity index is 590. The molecule has 0 aliphatic carbocycles. The minimum atomic E-state index is 0. The molecule has 1 heterocycles. The molecule has 0 atom stereocenters. The Hall–Kier alpha value is -1.24. The fraction of sp³-hybridized carbons (Fsp3) is 0.400. The fourth-order valence-electron chi connectivity index (χ4n) is 2.03. The number of nitrogens with one attached hydrogen (secondary N) is 2. The molecule has 1 aromatic heterocycles. The summed E-state index contributed by atoms with van der Waals surface area (Å²) in [4.78, 5) is 4.18. The van der Waals surface area contributed by atoms with Gasteiger partial charge in [-0.25, -0.2) is 0 Å². The molecule has 0 saturated heterocycles. The third-order valence-corrected chi connectivity index (χ3v) is 3.01. The molecule has 0 bridgehead atoms. The quantitative estimate of drug-likeness (QED) is 0.482. The van der Waals surface area contributed by atoms with Gasteiger partial charge < -0.3 is 15.1 Å². The second kappa shape index (κ2) is 7.52. The van der Waals surface area contributed by atoms with E-state index in [9.17, 15) is 0 Å². The molecule has 2 aromatic rings. The molecule has 4 nitrogen and oxygen atoms in total. The molecule has 0 saturated carbocycles. The van der Waals surface area contributed by atoms with E-state index in [1.54, 1.807) is 7.05 Å². The van der Waals surface area contributed by atoms with Crippen LogP contribution < -0.4 is 10.6 Å². The van der Waals surface area contributed by atoms with Crippen LogP contribution in [0.25, 0.3) is 11.0 Å². The van der Waals surface area contributed by atoms with Crippen LogP contribution in [0, 0.1) is 6.92 Å². The van der Waals surface area contributed by atoms with Crippen molar-refractivity contribution in [1.29, 1.82) is 0 Å². The lowest BCUT2D eigenvalue weighted by Crippen LogP contribution is -2.40. The summed E-state index contributed by atoms with van der Waals surface area (Å²) in [6.07, 6.45) is 0. The largest absolute Gasteiger partial charge is 0.459 e. The Kier molecular flexibility index (Phi) is 6.32. The summed E-state index contributed by atoms with van der Waals surface area (Å²) in [5.74, 6) is 1.74. The molecule has 2 N–H and O–H groups in total. The molecule has 20 heavy (non-hydrogen) atoms. The Morgan fingerprint density at radius 3 is 2.60 bits per heavy atom. The number of benzene rings is 1. The summed E-state index contributed by atoms with van der Waals surface area (Å²) < 4.78 is 5.85. The first-order valence-corrected chi connectivity index (χ1v) is 6.56. The average Bonchev–Trinajstić information content (AvgIpc) is 2.71. The maximum atomic E-state index is 5.85. The zero-order valence-electron chi connectivity index (χ0n) is 12.4. The number of hydrogen-bond donors (Lipinski definition) is 2. The molecule has 0 spiro atoms. The SMILES string of the molecule is CN=C(NCc1oc2ccccc2c1C)NC(C)C.I. The minimum absolute atomic E-state index is 0. The molecule has 0 unspecified atom stereocenters. The van der Waals surface area contributed by atoms with Crippen LogP contribution >= 0.6 is 24.0 Å². The third-order valence-electron chi connectivity index (χ3n) is 3.01. The lowest BCUT2D eigenvalue weighted by molar-refractivity contribution is 0.533. The Morgan fingerprint density at radius 2 is 2.00 bits per heavy atom. The van der Waals surface area contributed by atoms with Gasteiger partial charge in [-0.1, -0.05) is 18.2 Å². The van der Waals surface area contributed by atoms with E-state index in [0.717, 1.165) is 17.3 Å². The average molecular weight is 387 g/mol. The maximum absolute atomic E-state index is 5.85. The molecule has 0 aliphatic rings. The highest BCUT2D eigenvalue weighted by Crippen LogP contribution is 2.24. The summed E-state index contributed by atoms with van der Waals surface area (Å²) >= 11 is 0. The van der Waals surface area contributed by atoms with Crippen LogP contribution in [0.1, 0.15) is 25.2 Å². The van der Waals surface area contributed by atoms with E-state index in [-0.39, 0.29) is 24.0 Å². The van der Waals surface area contributed by atoms with Crippen LogP contribution in [0.5, 0.6) is 0 Å². The van der Waals surface area contributed by atoms with Crippen molar-refractivity contribution < 1.29 is 4.42 Å². The zero-order valence-corrected chi connectivity index (χ0v) is 14.7. The number of guanidine groups is 1. The number of halogens is 1. The number of aryl methyl sites for hydroxylation is 1. The molecule has 0 radical (unpaired) electrons. The lowest BCUT2D eigenvalue weighted by atomic mass is 10.1. The summed E-state index contributed by atoms with van der Waals surface area (Å²) in [5, 5.41) is 7.69. The minimum Gasteiger partial charge on any atom is -0.459 e. The normalized spacial score (nSPS) is 11.6. The predicted octanol–water partition coefficient (Wildman–Crippen LogP) is 3.43. The zero-order chi connectivity index (χ0) is 13.8. The number of aliphatic imine (C=N–C) groups is 1. The van der Waals surface area contributed by atoms with E-state index in [1.807, 2.05) is 18.2 Å². The number of hydrogen-bond acceptors (Lipinski definition) is 2. The molecule has 0 fully saturated rings. The summed E-state index contributed by atoms with van der Waals surface area (Å²) in [6, 6.07) is 8.44. The summed E-state index contributed by atoms with van der Waals surface area (Å²) in [5.41, 5.74) is 2.12. The highest BCUT2D eigenvalue weighted by Gasteiger charge is 2.10. The Balaban J connectivity index is 0.00000200. The van der Waals surface area contributed by atoms with E-state index in [4.69, 9.17) is 4.42 Å². The van der Waals surface area contributed by atoms with Crippen LogP contribution in [-0.2, 0) is 6.54 Å².